The van der Waals surface area contributed by atoms with Crippen LogP contribution in [0.5, 0.6) is 0 Å². The van der Waals surface area contributed by atoms with E-state index in [4.69, 9.17) is 0 Å². The molecule has 2 aromatic carbocycles. The van der Waals surface area contributed by atoms with Crippen molar-refractivity contribution in [3.63, 3.8) is 0 Å². The number of thioether (sulfide) groups is 1. The summed E-state index contributed by atoms with van der Waals surface area (Å²) in [5.74, 6) is 0.838. The standard InChI is InChI=1S/C20H22N4O3S/c1-4-23-18-8-6-5-7-17(18)21-19(23)13-22(3)20(25)14(2)28-16-11-9-15(10-12-16)24(26)27/h5-12,14H,4,13H2,1-3H3. The van der Waals surface area contributed by atoms with Crippen LogP contribution in [0.2, 0.25) is 0 Å². The van der Waals surface area contributed by atoms with E-state index in [0.717, 1.165) is 28.3 Å². The molecular weight excluding hydrogens is 376 g/mol. The number of carbonyl (C=O) groups excluding carboxylic acids is 1. The Labute approximate surface area is 167 Å². The number of aromatic nitrogens is 2. The van der Waals surface area contributed by atoms with Crippen molar-refractivity contribution >= 4 is 34.4 Å². The highest BCUT2D eigenvalue weighted by atomic mass is 32.2. The molecular formula is C20H22N4O3S. The zero-order valence-electron chi connectivity index (χ0n) is 16.0. The van der Waals surface area contributed by atoms with Crippen LogP contribution >= 0.6 is 11.8 Å². The number of rotatable bonds is 7. The van der Waals surface area contributed by atoms with Gasteiger partial charge in [0.25, 0.3) is 5.69 Å². The Kier molecular flexibility index (Phi) is 5.99. The molecule has 0 aliphatic rings. The second-order valence-corrected chi connectivity index (χ2v) is 7.88. The summed E-state index contributed by atoms with van der Waals surface area (Å²) >= 11 is 1.38. The molecule has 146 valence electrons. The van der Waals surface area contributed by atoms with E-state index in [-0.39, 0.29) is 16.8 Å². The van der Waals surface area contributed by atoms with Gasteiger partial charge in [-0.2, -0.15) is 0 Å². The van der Waals surface area contributed by atoms with Crippen LogP contribution in [-0.2, 0) is 17.9 Å². The average Bonchev–Trinajstić information content (AvgIpc) is 3.04. The number of imidazole rings is 1. The fourth-order valence-corrected chi connectivity index (χ4v) is 4.08. The van der Waals surface area contributed by atoms with E-state index in [2.05, 4.69) is 16.5 Å². The van der Waals surface area contributed by atoms with Gasteiger partial charge in [-0.3, -0.25) is 14.9 Å². The number of carbonyl (C=O) groups is 1. The third-order valence-corrected chi connectivity index (χ3v) is 5.61. The molecule has 0 saturated carbocycles. The molecule has 1 unspecified atom stereocenters. The first-order valence-electron chi connectivity index (χ1n) is 9.01. The number of fused-ring (bicyclic) bond motifs is 1. The van der Waals surface area contributed by atoms with E-state index < -0.39 is 4.92 Å². The molecule has 0 aliphatic carbocycles. The summed E-state index contributed by atoms with van der Waals surface area (Å²) < 4.78 is 2.12. The van der Waals surface area contributed by atoms with Gasteiger partial charge in [0.15, 0.2) is 0 Å². The monoisotopic (exact) mass is 398 g/mol. The lowest BCUT2D eigenvalue weighted by molar-refractivity contribution is -0.384. The third-order valence-electron chi connectivity index (χ3n) is 4.51. The molecule has 0 bridgehead atoms. The summed E-state index contributed by atoms with van der Waals surface area (Å²) in [5, 5.41) is 10.4. The minimum Gasteiger partial charge on any atom is -0.337 e. The van der Waals surface area contributed by atoms with Crippen LogP contribution in [0.15, 0.2) is 53.4 Å². The zero-order chi connectivity index (χ0) is 20.3. The van der Waals surface area contributed by atoms with E-state index in [1.165, 1.54) is 23.9 Å². The largest absolute Gasteiger partial charge is 0.337 e. The predicted molar refractivity (Wildman–Crippen MR) is 110 cm³/mol. The highest BCUT2D eigenvalue weighted by Crippen LogP contribution is 2.27. The molecule has 0 radical (unpaired) electrons. The fourth-order valence-electron chi connectivity index (χ4n) is 3.10. The Hall–Kier alpha value is -2.87. The van der Waals surface area contributed by atoms with Crippen molar-refractivity contribution < 1.29 is 9.72 Å². The van der Waals surface area contributed by atoms with Crippen molar-refractivity contribution in [2.24, 2.45) is 0 Å². The van der Waals surface area contributed by atoms with E-state index >= 15 is 0 Å². The molecule has 28 heavy (non-hydrogen) atoms. The van der Waals surface area contributed by atoms with Crippen LogP contribution in [0.1, 0.15) is 19.7 Å². The first-order chi connectivity index (χ1) is 13.4. The minimum atomic E-state index is -0.434. The van der Waals surface area contributed by atoms with Gasteiger partial charge in [-0.05, 0) is 38.1 Å². The van der Waals surface area contributed by atoms with Gasteiger partial charge in [0, 0.05) is 30.6 Å². The van der Waals surface area contributed by atoms with Crippen molar-refractivity contribution in [1.29, 1.82) is 0 Å². The molecule has 3 rings (SSSR count). The van der Waals surface area contributed by atoms with Crippen molar-refractivity contribution in [2.75, 3.05) is 7.05 Å². The Morgan fingerprint density at radius 2 is 1.93 bits per heavy atom. The van der Waals surface area contributed by atoms with Crippen LogP contribution in [0.3, 0.4) is 0 Å². The van der Waals surface area contributed by atoms with Gasteiger partial charge in [0.1, 0.15) is 5.82 Å². The molecule has 1 amide bonds. The summed E-state index contributed by atoms with van der Waals surface area (Å²) in [6.45, 7) is 5.11. The van der Waals surface area contributed by atoms with Crippen LogP contribution in [0.4, 0.5) is 5.69 Å². The number of non-ortho nitro benzene ring substituents is 1. The van der Waals surface area contributed by atoms with Gasteiger partial charge >= 0.3 is 0 Å². The molecule has 0 spiro atoms. The first kappa shape index (κ1) is 19.9. The van der Waals surface area contributed by atoms with Crippen molar-refractivity contribution in [2.45, 2.75) is 37.1 Å². The predicted octanol–water partition coefficient (Wildman–Crippen LogP) is 4.10. The molecule has 0 N–H and O–H groups in total. The quantitative estimate of drug-likeness (QED) is 0.340. The maximum Gasteiger partial charge on any atom is 0.269 e. The Balaban J connectivity index is 1.69. The number of hydrogen-bond acceptors (Lipinski definition) is 5. The molecule has 0 fully saturated rings. The molecule has 1 heterocycles. The van der Waals surface area contributed by atoms with Gasteiger partial charge < -0.3 is 9.47 Å². The van der Waals surface area contributed by atoms with E-state index in [1.54, 1.807) is 24.1 Å². The first-order valence-corrected chi connectivity index (χ1v) is 9.89. The number of nitro groups is 1. The van der Waals surface area contributed by atoms with Gasteiger partial charge in [-0.15, -0.1) is 11.8 Å². The number of amides is 1. The molecule has 3 aromatic rings. The number of aryl methyl sites for hydroxylation is 1. The molecule has 8 heteroatoms. The SMILES string of the molecule is CCn1c(CN(C)C(=O)C(C)Sc2ccc([N+](=O)[O-])cc2)nc2ccccc21. The van der Waals surface area contributed by atoms with Crippen molar-refractivity contribution in [3.05, 3.63) is 64.5 Å². The number of nitro benzene ring substituents is 1. The summed E-state index contributed by atoms with van der Waals surface area (Å²) in [6, 6.07) is 14.2. The van der Waals surface area contributed by atoms with Crippen LogP contribution in [0, 0.1) is 10.1 Å². The van der Waals surface area contributed by atoms with Crippen molar-refractivity contribution in [1.82, 2.24) is 14.5 Å². The smallest absolute Gasteiger partial charge is 0.269 e. The number of hydrogen-bond donors (Lipinski definition) is 0. The van der Waals surface area contributed by atoms with Gasteiger partial charge in [-0.25, -0.2) is 4.98 Å². The Morgan fingerprint density at radius 3 is 2.57 bits per heavy atom. The fraction of sp³-hybridized carbons (Fsp3) is 0.300. The van der Waals surface area contributed by atoms with E-state index in [9.17, 15) is 14.9 Å². The number of benzene rings is 2. The number of nitrogens with zero attached hydrogens (tertiary/aromatic N) is 4. The van der Waals surface area contributed by atoms with Crippen LogP contribution in [-0.4, -0.2) is 37.6 Å². The summed E-state index contributed by atoms with van der Waals surface area (Å²) in [6.07, 6.45) is 0. The maximum absolute atomic E-state index is 12.8. The van der Waals surface area contributed by atoms with Crippen LogP contribution in [0.25, 0.3) is 11.0 Å². The Bertz CT molecular complexity index is 1000. The van der Waals surface area contributed by atoms with Gasteiger partial charge in [0.2, 0.25) is 5.91 Å². The second-order valence-electron chi connectivity index (χ2n) is 6.47. The lowest BCUT2D eigenvalue weighted by Gasteiger charge is -2.21. The summed E-state index contributed by atoms with van der Waals surface area (Å²) in [4.78, 5) is 30.3. The zero-order valence-corrected chi connectivity index (χ0v) is 16.8. The maximum atomic E-state index is 12.8. The lowest BCUT2D eigenvalue weighted by Crippen LogP contribution is -2.33. The second kappa shape index (κ2) is 8.43. The summed E-state index contributed by atoms with van der Waals surface area (Å²) in [7, 11) is 1.77. The summed E-state index contributed by atoms with van der Waals surface area (Å²) in [5.41, 5.74) is 2.03. The molecule has 0 saturated heterocycles. The van der Waals surface area contributed by atoms with Crippen LogP contribution < -0.4 is 0 Å². The van der Waals surface area contributed by atoms with Crippen molar-refractivity contribution in [3.8, 4) is 0 Å². The van der Waals surface area contributed by atoms with E-state index in [0.29, 0.717) is 6.54 Å². The van der Waals surface area contributed by atoms with E-state index in [1.807, 2.05) is 31.2 Å². The molecule has 7 nitrogen and oxygen atoms in total. The molecule has 1 atom stereocenters. The average molecular weight is 398 g/mol. The third kappa shape index (κ3) is 4.17. The Morgan fingerprint density at radius 1 is 1.25 bits per heavy atom. The number of para-hydroxylation sites is 2. The minimum absolute atomic E-state index is 0.0157. The lowest BCUT2D eigenvalue weighted by atomic mass is 10.3. The van der Waals surface area contributed by atoms with Gasteiger partial charge in [-0.1, -0.05) is 12.1 Å². The van der Waals surface area contributed by atoms with Gasteiger partial charge in [0.05, 0.1) is 27.8 Å². The normalized spacial score (nSPS) is 12.1. The molecule has 1 aromatic heterocycles. The highest BCUT2D eigenvalue weighted by Gasteiger charge is 2.21. The highest BCUT2D eigenvalue weighted by molar-refractivity contribution is 8.00. The topological polar surface area (TPSA) is 81.3 Å². The molecule has 0 aliphatic heterocycles.